The first kappa shape index (κ1) is 39.6. The molecule has 0 saturated carbocycles. The van der Waals surface area contributed by atoms with Gasteiger partial charge in [0, 0.05) is 30.1 Å². The number of anilines is 1. The van der Waals surface area contributed by atoms with Crippen molar-refractivity contribution in [1.29, 1.82) is 5.26 Å². The number of halogens is 2. The zero-order valence-corrected chi connectivity index (χ0v) is 33.6. The minimum atomic E-state index is -1.18. The summed E-state index contributed by atoms with van der Waals surface area (Å²) in [6, 6.07) is 31.1. The lowest BCUT2D eigenvalue weighted by Gasteiger charge is -2.37. The number of carbonyl (C=O) groups is 3. The maximum atomic E-state index is 14.1. The summed E-state index contributed by atoms with van der Waals surface area (Å²) >= 11 is 13.6. The highest BCUT2D eigenvalue weighted by molar-refractivity contribution is 7.09. The summed E-state index contributed by atoms with van der Waals surface area (Å²) in [5.74, 6) is -0.801. The smallest absolute Gasteiger partial charge is 0.326 e. The summed E-state index contributed by atoms with van der Waals surface area (Å²) in [6.45, 7) is 1.02. The molecule has 6 aromatic rings. The van der Waals surface area contributed by atoms with Crippen molar-refractivity contribution in [2.45, 2.75) is 50.7 Å². The monoisotopic (exact) mass is 843 g/mol. The van der Waals surface area contributed by atoms with E-state index in [2.05, 4.69) is 21.7 Å². The molecule has 0 bridgehead atoms. The van der Waals surface area contributed by atoms with Crippen molar-refractivity contribution in [3.8, 4) is 28.7 Å². The van der Waals surface area contributed by atoms with Crippen LogP contribution in [-0.2, 0) is 46.9 Å². The normalized spacial score (nSPS) is 16.4. The van der Waals surface area contributed by atoms with Crippen LogP contribution in [0, 0.1) is 11.3 Å². The summed E-state index contributed by atoms with van der Waals surface area (Å²) in [4.78, 5) is 46.4. The third kappa shape index (κ3) is 9.09. The van der Waals surface area contributed by atoms with Crippen molar-refractivity contribution in [1.82, 2.24) is 15.2 Å². The Kier molecular flexibility index (Phi) is 11.6. The van der Waals surface area contributed by atoms with Gasteiger partial charge in [-0.1, -0.05) is 77.8 Å². The highest BCUT2D eigenvalue weighted by atomic mass is 35.5. The van der Waals surface area contributed by atoms with E-state index >= 15 is 0 Å². The van der Waals surface area contributed by atoms with Crippen LogP contribution in [0.25, 0.3) is 11.1 Å². The lowest BCUT2D eigenvalue weighted by atomic mass is 9.91. The third-order valence-electron chi connectivity index (χ3n) is 10.3. The first-order valence-electron chi connectivity index (χ1n) is 18.7. The van der Waals surface area contributed by atoms with Crippen LogP contribution >= 0.6 is 34.5 Å². The molecular weight excluding hydrogens is 809 g/mol. The van der Waals surface area contributed by atoms with Gasteiger partial charge in [0.1, 0.15) is 29.2 Å². The molecule has 0 aliphatic carbocycles. The van der Waals surface area contributed by atoms with Crippen LogP contribution in [0.2, 0.25) is 10.0 Å². The molecule has 5 aromatic carbocycles. The number of fused-ring (bicyclic) bond motifs is 2. The number of aliphatic carboxylic acids is 1. The SMILES string of the molecule is N#Cc1ccc(-c2ccc(CC(NC(=O)C3Cc4cc5c(cc4CN3Cc3nccs3)OC(c3ccc(OCc4ccc(Cl)c(Cl)c4)cc3)C(=O)N5)C(=O)O)cc2)cc1. The highest BCUT2D eigenvalue weighted by Gasteiger charge is 2.37. The van der Waals surface area contributed by atoms with Gasteiger partial charge in [0.15, 0.2) is 0 Å². The Bertz CT molecular complexity index is 2560. The second-order valence-corrected chi connectivity index (χ2v) is 16.0. The Morgan fingerprint density at radius 2 is 1.69 bits per heavy atom. The molecule has 0 spiro atoms. The quantitative estimate of drug-likeness (QED) is 0.110. The minimum absolute atomic E-state index is 0.0804. The van der Waals surface area contributed by atoms with Crippen molar-refractivity contribution in [2.75, 3.05) is 5.32 Å². The van der Waals surface area contributed by atoms with Crippen LogP contribution in [0.1, 0.15) is 44.5 Å². The van der Waals surface area contributed by atoms with E-state index in [1.54, 1.807) is 54.7 Å². The van der Waals surface area contributed by atoms with Gasteiger partial charge in [-0.05, 0) is 88.3 Å². The van der Waals surface area contributed by atoms with E-state index < -0.39 is 30.1 Å². The average molecular weight is 845 g/mol. The van der Waals surface area contributed by atoms with E-state index in [1.807, 2.05) is 64.9 Å². The summed E-state index contributed by atoms with van der Waals surface area (Å²) in [6.07, 6.45) is 1.16. The van der Waals surface area contributed by atoms with Gasteiger partial charge < -0.3 is 25.2 Å². The average Bonchev–Trinajstić information content (AvgIpc) is 3.76. The second-order valence-electron chi connectivity index (χ2n) is 14.3. The van der Waals surface area contributed by atoms with Crippen LogP contribution in [0.5, 0.6) is 11.5 Å². The van der Waals surface area contributed by atoms with Crippen LogP contribution in [0.4, 0.5) is 5.69 Å². The molecule has 2 aliphatic heterocycles. The summed E-state index contributed by atoms with van der Waals surface area (Å²) in [5.41, 5.74) is 6.92. The fourth-order valence-electron chi connectivity index (χ4n) is 7.20. The fraction of sp³-hybridized carbons (Fsp3) is 0.178. The van der Waals surface area contributed by atoms with E-state index in [0.29, 0.717) is 51.4 Å². The van der Waals surface area contributed by atoms with E-state index in [1.165, 1.54) is 11.3 Å². The molecular formula is C45H35Cl2N5O6S. The number of hydrogen-bond acceptors (Lipinski definition) is 9. The third-order valence-corrected chi connectivity index (χ3v) is 11.8. The number of nitrogens with zero attached hydrogens (tertiary/aromatic N) is 3. The number of nitriles is 1. The number of ether oxygens (including phenoxy) is 2. The highest BCUT2D eigenvalue weighted by Crippen LogP contribution is 2.40. The number of nitrogens with one attached hydrogen (secondary N) is 2. The van der Waals surface area contributed by atoms with Crippen LogP contribution in [0.3, 0.4) is 0 Å². The molecule has 0 saturated heterocycles. The molecule has 8 rings (SSSR count). The largest absolute Gasteiger partial charge is 0.489 e. The molecule has 59 heavy (non-hydrogen) atoms. The molecule has 3 atom stereocenters. The van der Waals surface area contributed by atoms with Crippen molar-refractivity contribution in [3.05, 3.63) is 163 Å². The standard InChI is InChI=1S/C45H35Cl2N5O6S/c46-35-14-5-28(17-36(35)47)25-57-34-12-10-31(11-13-34)42-44(54)50-37-19-32-20-39(52(24-41-49-15-16-59-41)23-33(32)21-40(37)58-42)43(53)51-38(45(55)56)18-26-1-6-29(7-2-26)30-8-3-27(22-48)4-9-30/h1-17,19,21,38-39,42H,18,20,23-25H2,(H,50,54)(H,51,53)(H,55,56). The lowest BCUT2D eigenvalue weighted by Crippen LogP contribution is -2.54. The maximum absolute atomic E-state index is 14.1. The molecule has 2 aliphatic rings. The van der Waals surface area contributed by atoms with Crippen LogP contribution in [0.15, 0.2) is 115 Å². The maximum Gasteiger partial charge on any atom is 0.326 e. The predicted molar refractivity (Wildman–Crippen MR) is 224 cm³/mol. The Morgan fingerprint density at radius 1 is 0.966 bits per heavy atom. The van der Waals surface area contributed by atoms with Gasteiger partial charge in [-0.25, -0.2) is 9.78 Å². The molecule has 3 heterocycles. The van der Waals surface area contributed by atoms with Crippen LogP contribution < -0.4 is 20.1 Å². The van der Waals surface area contributed by atoms with Gasteiger partial charge in [0.2, 0.25) is 12.0 Å². The van der Waals surface area contributed by atoms with Crippen molar-refractivity contribution >= 4 is 58.0 Å². The van der Waals surface area contributed by atoms with Crippen LogP contribution in [-0.4, -0.2) is 44.9 Å². The van der Waals surface area contributed by atoms with Gasteiger partial charge >= 0.3 is 5.97 Å². The van der Waals surface area contributed by atoms with Gasteiger partial charge in [-0.15, -0.1) is 11.3 Å². The number of carboxylic acids is 1. The molecule has 3 N–H and O–H groups in total. The van der Waals surface area contributed by atoms with Crippen molar-refractivity contribution < 1.29 is 29.0 Å². The summed E-state index contributed by atoms with van der Waals surface area (Å²) in [5, 5.41) is 28.7. The number of hydrogen-bond donors (Lipinski definition) is 3. The number of aromatic nitrogens is 1. The van der Waals surface area contributed by atoms with E-state index in [-0.39, 0.29) is 25.4 Å². The zero-order valence-electron chi connectivity index (χ0n) is 31.2. The Morgan fingerprint density at radius 3 is 2.37 bits per heavy atom. The lowest BCUT2D eigenvalue weighted by molar-refractivity contribution is -0.142. The van der Waals surface area contributed by atoms with E-state index in [4.69, 9.17) is 37.9 Å². The van der Waals surface area contributed by atoms with Gasteiger partial charge in [0.05, 0.1) is 40.0 Å². The molecule has 0 fully saturated rings. The number of carboxylic acid groups (broad SMARTS) is 1. The summed E-state index contributed by atoms with van der Waals surface area (Å²) < 4.78 is 12.2. The Balaban J connectivity index is 0.962. The molecule has 2 amide bonds. The Hall–Kier alpha value is -6.23. The number of carbonyl (C=O) groups excluding carboxylic acids is 2. The Labute approximate surface area is 353 Å². The summed E-state index contributed by atoms with van der Waals surface area (Å²) in [7, 11) is 0. The molecule has 14 heteroatoms. The number of thiazole rings is 1. The van der Waals surface area contributed by atoms with Crippen molar-refractivity contribution in [2.24, 2.45) is 0 Å². The van der Waals surface area contributed by atoms with E-state index in [9.17, 15) is 19.5 Å². The first-order chi connectivity index (χ1) is 28.6. The number of benzene rings is 5. The van der Waals surface area contributed by atoms with Crippen molar-refractivity contribution in [3.63, 3.8) is 0 Å². The number of amides is 2. The van der Waals surface area contributed by atoms with Gasteiger partial charge in [-0.2, -0.15) is 5.26 Å². The molecule has 1 aromatic heterocycles. The van der Waals surface area contributed by atoms with E-state index in [0.717, 1.165) is 38.4 Å². The molecule has 11 nitrogen and oxygen atoms in total. The first-order valence-corrected chi connectivity index (χ1v) is 20.3. The van der Waals surface area contributed by atoms with Gasteiger partial charge in [-0.3, -0.25) is 14.5 Å². The molecule has 3 unspecified atom stereocenters. The number of rotatable bonds is 12. The fourth-order valence-corrected chi connectivity index (χ4v) is 8.16. The predicted octanol–water partition coefficient (Wildman–Crippen LogP) is 8.38. The zero-order chi connectivity index (χ0) is 41.0. The second kappa shape index (κ2) is 17.3. The molecule has 296 valence electrons. The van der Waals surface area contributed by atoms with Gasteiger partial charge in [0.25, 0.3) is 5.91 Å². The minimum Gasteiger partial charge on any atom is -0.489 e. The molecule has 0 radical (unpaired) electrons. The topological polar surface area (TPSA) is 154 Å².